The Balaban J connectivity index is 2.54. The first-order valence-corrected chi connectivity index (χ1v) is 5.19. The van der Waals surface area contributed by atoms with Gasteiger partial charge in [-0.05, 0) is 44.4 Å². The minimum absolute atomic E-state index is 0.183. The van der Waals surface area contributed by atoms with Gasteiger partial charge in [0, 0.05) is 17.0 Å². The van der Waals surface area contributed by atoms with Gasteiger partial charge in [-0.25, -0.2) is 8.78 Å². The zero-order valence-electron chi connectivity index (χ0n) is 8.98. The van der Waals surface area contributed by atoms with E-state index in [1.54, 1.807) is 6.92 Å². The smallest absolute Gasteiger partial charge is 0.130 e. The largest absolute Gasteiger partial charge is 0.327 e. The van der Waals surface area contributed by atoms with Crippen LogP contribution in [0.3, 0.4) is 0 Å². The first-order chi connectivity index (χ1) is 6.97. The number of rotatable bonds is 2. The molecule has 0 bridgehead atoms. The topological polar surface area (TPSA) is 26.0 Å². The maximum absolute atomic E-state index is 13.7. The third-order valence-electron chi connectivity index (χ3n) is 3.34. The summed E-state index contributed by atoms with van der Waals surface area (Å²) in [5.41, 5.74) is 6.14. The van der Waals surface area contributed by atoms with Gasteiger partial charge in [0.15, 0.2) is 0 Å². The molecule has 0 amide bonds. The van der Waals surface area contributed by atoms with E-state index in [4.69, 9.17) is 5.73 Å². The number of benzene rings is 1. The molecule has 15 heavy (non-hydrogen) atoms. The monoisotopic (exact) mass is 211 g/mol. The number of nitrogens with two attached hydrogens (primary N) is 1. The first kappa shape index (κ1) is 10.6. The van der Waals surface area contributed by atoms with Crippen molar-refractivity contribution in [1.29, 1.82) is 0 Å². The highest BCUT2D eigenvalue weighted by Crippen LogP contribution is 2.52. The van der Waals surface area contributed by atoms with E-state index in [0.717, 1.165) is 12.8 Å². The Morgan fingerprint density at radius 2 is 1.73 bits per heavy atom. The molecule has 0 radical (unpaired) electrons. The fourth-order valence-corrected chi connectivity index (χ4v) is 2.24. The lowest BCUT2D eigenvalue weighted by Crippen LogP contribution is -2.33. The van der Waals surface area contributed by atoms with Crippen LogP contribution < -0.4 is 5.73 Å². The van der Waals surface area contributed by atoms with Gasteiger partial charge in [-0.2, -0.15) is 0 Å². The zero-order valence-corrected chi connectivity index (χ0v) is 8.98. The predicted octanol–water partition coefficient (Wildman–Crippen LogP) is 2.65. The van der Waals surface area contributed by atoms with E-state index < -0.39 is 17.0 Å². The second-order valence-corrected chi connectivity index (χ2v) is 4.55. The SMILES string of the molecule is Cc1cc(F)c(C2(C(C)N)CC2)c(F)c1. The molecule has 1 unspecified atom stereocenters. The molecular formula is C12H15F2N. The fraction of sp³-hybridized carbons (Fsp3) is 0.500. The van der Waals surface area contributed by atoms with E-state index in [1.807, 2.05) is 6.92 Å². The minimum atomic E-state index is -0.456. The van der Waals surface area contributed by atoms with E-state index in [0.29, 0.717) is 5.56 Å². The summed E-state index contributed by atoms with van der Waals surface area (Å²) < 4.78 is 27.4. The minimum Gasteiger partial charge on any atom is -0.327 e. The van der Waals surface area contributed by atoms with Crippen LogP contribution >= 0.6 is 0 Å². The Morgan fingerprint density at radius 3 is 2.07 bits per heavy atom. The van der Waals surface area contributed by atoms with Crippen molar-refractivity contribution in [2.24, 2.45) is 5.73 Å². The molecule has 1 nitrogen and oxygen atoms in total. The van der Waals surface area contributed by atoms with Crippen LogP contribution in [0.15, 0.2) is 12.1 Å². The second kappa shape index (κ2) is 3.27. The van der Waals surface area contributed by atoms with Crippen LogP contribution in [0.25, 0.3) is 0 Å². The molecule has 0 heterocycles. The third kappa shape index (κ3) is 1.55. The highest BCUT2D eigenvalue weighted by Gasteiger charge is 2.50. The first-order valence-electron chi connectivity index (χ1n) is 5.19. The maximum atomic E-state index is 13.7. The van der Waals surface area contributed by atoms with Crippen molar-refractivity contribution < 1.29 is 8.78 Å². The summed E-state index contributed by atoms with van der Waals surface area (Å²) in [7, 11) is 0. The van der Waals surface area contributed by atoms with Gasteiger partial charge in [0.2, 0.25) is 0 Å². The fourth-order valence-electron chi connectivity index (χ4n) is 2.24. The van der Waals surface area contributed by atoms with Gasteiger partial charge in [0.1, 0.15) is 11.6 Å². The lowest BCUT2D eigenvalue weighted by atomic mass is 9.88. The van der Waals surface area contributed by atoms with E-state index in [-0.39, 0.29) is 11.6 Å². The van der Waals surface area contributed by atoms with Gasteiger partial charge in [-0.1, -0.05) is 0 Å². The molecule has 2 N–H and O–H groups in total. The molecule has 2 rings (SSSR count). The Hall–Kier alpha value is -0.960. The van der Waals surface area contributed by atoms with Gasteiger partial charge < -0.3 is 5.73 Å². The summed E-state index contributed by atoms with van der Waals surface area (Å²) >= 11 is 0. The quantitative estimate of drug-likeness (QED) is 0.799. The Bertz CT molecular complexity index is 372. The number of hydrogen-bond donors (Lipinski definition) is 1. The van der Waals surface area contributed by atoms with Crippen molar-refractivity contribution in [3.8, 4) is 0 Å². The Labute approximate surface area is 88.3 Å². The van der Waals surface area contributed by atoms with Crippen LogP contribution in [0, 0.1) is 18.6 Å². The molecule has 1 aliphatic rings. The maximum Gasteiger partial charge on any atom is 0.130 e. The van der Waals surface area contributed by atoms with Gasteiger partial charge in [0.05, 0.1) is 0 Å². The van der Waals surface area contributed by atoms with Gasteiger partial charge in [-0.3, -0.25) is 0 Å². The summed E-state index contributed by atoms with van der Waals surface area (Å²) in [5.74, 6) is -0.912. The van der Waals surface area contributed by atoms with Crippen molar-refractivity contribution in [3.05, 3.63) is 34.9 Å². The van der Waals surface area contributed by atoms with Crippen molar-refractivity contribution in [2.75, 3.05) is 0 Å². The van der Waals surface area contributed by atoms with Crippen LogP contribution in [0.2, 0.25) is 0 Å². The lowest BCUT2D eigenvalue weighted by molar-refractivity contribution is 0.472. The Kier molecular flexibility index (Phi) is 2.30. The molecule has 0 spiro atoms. The molecule has 1 fully saturated rings. The third-order valence-corrected chi connectivity index (χ3v) is 3.34. The summed E-state index contributed by atoms with van der Waals surface area (Å²) in [6, 6.07) is 2.55. The van der Waals surface area contributed by atoms with Crippen LogP contribution in [0.1, 0.15) is 30.9 Å². The average Bonchev–Trinajstić information content (AvgIpc) is 2.83. The summed E-state index contributed by atoms with van der Waals surface area (Å²) in [4.78, 5) is 0. The van der Waals surface area contributed by atoms with Crippen molar-refractivity contribution in [2.45, 2.75) is 38.1 Å². The van der Waals surface area contributed by atoms with Gasteiger partial charge in [-0.15, -0.1) is 0 Å². The summed E-state index contributed by atoms with van der Waals surface area (Å²) in [5, 5.41) is 0. The van der Waals surface area contributed by atoms with E-state index in [2.05, 4.69) is 0 Å². The number of halogens is 2. The normalized spacial score (nSPS) is 20.1. The number of aryl methyl sites for hydroxylation is 1. The molecular weight excluding hydrogens is 196 g/mol. The molecule has 82 valence electrons. The van der Waals surface area contributed by atoms with Gasteiger partial charge in [0.25, 0.3) is 0 Å². The van der Waals surface area contributed by atoms with E-state index in [9.17, 15) is 8.78 Å². The van der Waals surface area contributed by atoms with Crippen LogP contribution in [-0.4, -0.2) is 6.04 Å². The molecule has 1 saturated carbocycles. The molecule has 1 atom stereocenters. The molecule has 3 heteroatoms. The van der Waals surface area contributed by atoms with E-state index in [1.165, 1.54) is 12.1 Å². The van der Waals surface area contributed by atoms with Crippen LogP contribution in [0.5, 0.6) is 0 Å². The highest BCUT2D eigenvalue weighted by molar-refractivity contribution is 5.38. The standard InChI is InChI=1S/C12H15F2N/c1-7-5-9(13)11(10(14)6-7)12(3-4-12)8(2)15/h5-6,8H,3-4,15H2,1-2H3. The van der Waals surface area contributed by atoms with Crippen LogP contribution in [-0.2, 0) is 5.41 Å². The average molecular weight is 211 g/mol. The number of hydrogen-bond acceptors (Lipinski definition) is 1. The molecule has 1 aromatic rings. The van der Waals surface area contributed by atoms with Crippen LogP contribution in [0.4, 0.5) is 8.78 Å². The molecule has 0 saturated heterocycles. The summed E-state index contributed by atoms with van der Waals surface area (Å²) in [6.45, 7) is 3.49. The molecule has 0 aromatic heterocycles. The lowest BCUT2D eigenvalue weighted by Gasteiger charge is -2.21. The van der Waals surface area contributed by atoms with Crippen molar-refractivity contribution in [3.63, 3.8) is 0 Å². The summed E-state index contributed by atoms with van der Waals surface area (Å²) in [6.07, 6.45) is 1.56. The van der Waals surface area contributed by atoms with E-state index >= 15 is 0 Å². The highest BCUT2D eigenvalue weighted by atomic mass is 19.1. The van der Waals surface area contributed by atoms with Crippen molar-refractivity contribution >= 4 is 0 Å². The molecule has 0 aliphatic heterocycles. The second-order valence-electron chi connectivity index (χ2n) is 4.55. The predicted molar refractivity (Wildman–Crippen MR) is 55.7 cm³/mol. The zero-order chi connectivity index (χ0) is 11.2. The van der Waals surface area contributed by atoms with Gasteiger partial charge >= 0.3 is 0 Å². The molecule has 1 aliphatic carbocycles. The molecule has 1 aromatic carbocycles. The Morgan fingerprint density at radius 1 is 1.27 bits per heavy atom. The van der Waals surface area contributed by atoms with Crippen molar-refractivity contribution in [1.82, 2.24) is 0 Å².